The van der Waals surface area contributed by atoms with Gasteiger partial charge in [-0.3, -0.25) is 0 Å². The number of nitrogens with zero attached hydrogens (tertiary/aromatic N) is 2. The van der Waals surface area contributed by atoms with Gasteiger partial charge in [0.2, 0.25) is 0 Å². The first kappa shape index (κ1) is 31.0. The van der Waals surface area contributed by atoms with E-state index in [0.717, 1.165) is 73.3 Å². The van der Waals surface area contributed by atoms with Crippen LogP contribution >= 0.6 is 99.8 Å². The molecule has 1 N–H and O–H groups in total. The summed E-state index contributed by atoms with van der Waals surface area (Å²) in [6.45, 7) is 2.24. The maximum Gasteiger partial charge on any atom is 0.185 e. The highest BCUT2D eigenvalue weighted by molar-refractivity contribution is 7.92. The van der Waals surface area contributed by atoms with Crippen LogP contribution in [0.1, 0.15) is 32.1 Å². The summed E-state index contributed by atoms with van der Waals surface area (Å²) in [5.74, 6) is 8.02. The number of thiol groups is 6. The highest BCUT2D eigenvalue weighted by Crippen LogP contribution is 2.80. The summed E-state index contributed by atoms with van der Waals surface area (Å²) < 4.78 is 5.74. The Kier molecular flexibility index (Phi) is 19.9. The maximum atomic E-state index is 4.56. The predicted octanol–water partition coefficient (Wildman–Crippen LogP) is 6.71. The van der Waals surface area contributed by atoms with Crippen LogP contribution in [0.3, 0.4) is 0 Å². The smallest absolute Gasteiger partial charge is 0.185 e. The van der Waals surface area contributed by atoms with E-state index in [0.29, 0.717) is 0 Å². The molecule has 0 aromatic carbocycles. The molecule has 3 unspecified atom stereocenters. The largest absolute Gasteiger partial charge is 0.230 e. The second kappa shape index (κ2) is 19.2. The minimum absolute atomic E-state index is 0.365. The molecule has 178 valence electrons. The van der Waals surface area contributed by atoms with Crippen molar-refractivity contribution < 1.29 is 0 Å². The van der Waals surface area contributed by atoms with Crippen LogP contribution in [0.2, 0.25) is 0 Å². The molecule has 1 fully saturated rings. The molecule has 3 nitrogen and oxygen atoms in total. The summed E-state index contributed by atoms with van der Waals surface area (Å²) in [5, 5.41) is 0. The molecule has 1 heterocycles. The van der Waals surface area contributed by atoms with Crippen molar-refractivity contribution in [2.75, 3.05) is 66.1 Å². The summed E-state index contributed by atoms with van der Waals surface area (Å²) in [4.78, 5) is 4.28. The lowest BCUT2D eigenvalue weighted by Crippen LogP contribution is -2.42. The molecule has 0 saturated carbocycles. The van der Waals surface area contributed by atoms with Crippen molar-refractivity contribution in [2.45, 2.75) is 32.1 Å². The predicted molar refractivity (Wildman–Crippen MR) is 167 cm³/mol. The fraction of sp³-hybridized carbons (Fsp3) is 0.889. The summed E-state index contributed by atoms with van der Waals surface area (Å²) in [6, 6.07) is 0. The fourth-order valence-corrected chi connectivity index (χ4v) is 19.0. The standard InChI is InChI=1S/C18H40N3P3S6/c25-13-1-7-20-22(9-3-15-27)19-24(11-5-17-29,12-6-18-30)21(8-2-14-26)23(20)10-4-16-28/h5,11,19H,1-4,6-10,12-18H2,(H5-,25,26,27,28,29,30)/p+1. The Balaban J connectivity index is 3.39. The van der Waals surface area contributed by atoms with Gasteiger partial charge in [0.25, 0.3) is 0 Å². The quantitative estimate of drug-likeness (QED) is 0.0763. The molecule has 1 aliphatic heterocycles. The number of rotatable bonds is 17. The summed E-state index contributed by atoms with van der Waals surface area (Å²) in [6.07, 6.45) is 11.6. The third-order valence-corrected chi connectivity index (χ3v) is 18.1. The van der Waals surface area contributed by atoms with Gasteiger partial charge >= 0.3 is 0 Å². The summed E-state index contributed by atoms with van der Waals surface area (Å²) in [7, 11) is -2.35. The van der Waals surface area contributed by atoms with Crippen LogP contribution in [0, 0.1) is 0 Å². The highest BCUT2D eigenvalue weighted by atomic mass is 32.1. The van der Waals surface area contributed by atoms with E-state index in [9.17, 15) is 0 Å². The third kappa shape index (κ3) is 10.3. The van der Waals surface area contributed by atoms with E-state index in [2.05, 4.69) is 101 Å². The van der Waals surface area contributed by atoms with Crippen molar-refractivity contribution in [1.82, 2.24) is 13.7 Å². The van der Waals surface area contributed by atoms with Gasteiger partial charge in [-0.05, 0) is 79.3 Å². The van der Waals surface area contributed by atoms with Crippen molar-refractivity contribution >= 4 is 99.8 Å². The van der Waals surface area contributed by atoms with Crippen LogP contribution in [0.5, 0.6) is 0 Å². The van der Waals surface area contributed by atoms with E-state index in [-0.39, 0.29) is 16.4 Å². The molecule has 0 amide bonds. The van der Waals surface area contributed by atoms with Crippen molar-refractivity contribution in [3.8, 4) is 0 Å². The van der Waals surface area contributed by atoms with Gasteiger partial charge in [-0.1, -0.05) is 0 Å². The highest BCUT2D eigenvalue weighted by Gasteiger charge is 2.54. The lowest BCUT2D eigenvalue weighted by Gasteiger charge is -2.52. The normalized spacial score (nSPS) is 26.1. The molecule has 30 heavy (non-hydrogen) atoms. The van der Waals surface area contributed by atoms with Gasteiger partial charge in [0.15, 0.2) is 7.56 Å². The molecule has 3 atom stereocenters. The number of nitrogens with one attached hydrogen (secondary N) is 1. The van der Waals surface area contributed by atoms with Crippen LogP contribution in [-0.2, 0) is 0 Å². The molecule has 0 spiro atoms. The van der Waals surface area contributed by atoms with Crippen LogP contribution in [0.25, 0.3) is 0 Å². The van der Waals surface area contributed by atoms with E-state index in [1.54, 1.807) is 0 Å². The maximum absolute atomic E-state index is 4.56. The van der Waals surface area contributed by atoms with Gasteiger partial charge in [0.05, 0.1) is 28.4 Å². The average Bonchev–Trinajstić information content (AvgIpc) is 2.76. The van der Waals surface area contributed by atoms with Crippen molar-refractivity contribution in [1.29, 1.82) is 0 Å². The van der Waals surface area contributed by atoms with Gasteiger partial charge in [-0.2, -0.15) is 75.8 Å². The number of hydrogen-bond donors (Lipinski definition) is 7. The Morgan fingerprint density at radius 1 is 0.733 bits per heavy atom. The molecule has 1 aliphatic rings. The minimum Gasteiger partial charge on any atom is -0.230 e. The van der Waals surface area contributed by atoms with Crippen LogP contribution in [0.15, 0.2) is 11.9 Å². The molecule has 0 bridgehead atoms. The zero-order valence-corrected chi connectivity index (χ0v) is 25.9. The lowest BCUT2D eigenvalue weighted by molar-refractivity contribution is 0.576. The van der Waals surface area contributed by atoms with E-state index < -0.39 is 7.56 Å². The van der Waals surface area contributed by atoms with Crippen LogP contribution < -0.4 is 4.86 Å². The molecular weight excluding hydrogens is 544 g/mol. The molecule has 12 heteroatoms. The summed E-state index contributed by atoms with van der Waals surface area (Å²) in [5.41, 5.74) is 0. The van der Waals surface area contributed by atoms with Crippen molar-refractivity contribution in [3.05, 3.63) is 11.9 Å². The number of hydrogen-bond acceptors (Lipinski definition) is 9. The zero-order chi connectivity index (χ0) is 22.2. The first-order chi connectivity index (χ1) is 14.6. The Hall–Kier alpha value is 3.01. The Morgan fingerprint density at radius 3 is 1.93 bits per heavy atom. The molecule has 0 aromatic heterocycles. The van der Waals surface area contributed by atoms with E-state index in [4.69, 9.17) is 0 Å². The van der Waals surface area contributed by atoms with Crippen LogP contribution in [0.4, 0.5) is 0 Å². The van der Waals surface area contributed by atoms with E-state index in [1.165, 1.54) is 24.9 Å². The van der Waals surface area contributed by atoms with Crippen LogP contribution in [-0.4, -0.2) is 75.0 Å². The minimum atomic E-state index is -1.61. The fourth-order valence-electron chi connectivity index (χ4n) is 3.40. The molecule has 1 saturated heterocycles. The van der Waals surface area contributed by atoms with Gasteiger partial charge < -0.3 is 0 Å². The van der Waals surface area contributed by atoms with Gasteiger partial charge in [-0.15, -0.1) is 9.30 Å². The van der Waals surface area contributed by atoms with Gasteiger partial charge in [-0.25, -0.2) is 4.44 Å². The first-order valence-electron chi connectivity index (χ1n) is 10.7. The average molecular weight is 585 g/mol. The Bertz CT molecular complexity index is 469. The topological polar surface area (TPSA) is 18.5 Å². The molecule has 0 radical (unpaired) electrons. The SMILES string of the molecule is SCC=C[P+]1(CCCS)NP(CCCS)N(CCCS)P(CCCS)N1CCCS. The van der Waals surface area contributed by atoms with E-state index in [1.807, 2.05) is 0 Å². The summed E-state index contributed by atoms with van der Waals surface area (Å²) >= 11 is 27.2. The monoisotopic (exact) mass is 584 g/mol. The van der Waals surface area contributed by atoms with E-state index >= 15 is 0 Å². The van der Waals surface area contributed by atoms with Gasteiger partial charge in [0.1, 0.15) is 0 Å². The molecule has 1 rings (SSSR count). The third-order valence-electron chi connectivity index (χ3n) is 4.70. The van der Waals surface area contributed by atoms with Crippen molar-refractivity contribution in [3.63, 3.8) is 0 Å². The molecular formula is C18H41N3P3S6+. The second-order valence-corrected chi connectivity index (χ2v) is 17.8. The zero-order valence-electron chi connectivity index (χ0n) is 17.9. The molecule has 0 aromatic rings. The lowest BCUT2D eigenvalue weighted by atomic mass is 10.5. The van der Waals surface area contributed by atoms with Gasteiger partial charge in [0, 0.05) is 18.8 Å². The first-order valence-corrected chi connectivity index (χ1v) is 19.4. The second-order valence-electron chi connectivity index (χ2n) is 7.01. The van der Waals surface area contributed by atoms with Crippen molar-refractivity contribution in [2.24, 2.45) is 0 Å². The molecule has 0 aliphatic carbocycles. The Morgan fingerprint density at radius 2 is 1.33 bits per heavy atom. The Labute approximate surface area is 222 Å².